The van der Waals surface area contributed by atoms with E-state index in [2.05, 4.69) is 10.5 Å². The van der Waals surface area contributed by atoms with Gasteiger partial charge < -0.3 is 4.42 Å². The average molecular weight is 438 g/mol. The largest absolute Gasteiger partial charge is 0.455 e. The van der Waals surface area contributed by atoms with Crippen LogP contribution in [-0.2, 0) is 6.18 Å². The maximum Gasteiger partial charge on any atom is 0.416 e. The van der Waals surface area contributed by atoms with Crippen molar-refractivity contribution in [3.05, 3.63) is 86.6 Å². The lowest BCUT2D eigenvalue weighted by Crippen LogP contribution is -2.18. The van der Waals surface area contributed by atoms with Crippen molar-refractivity contribution >= 4 is 29.4 Å². The van der Waals surface area contributed by atoms with Gasteiger partial charge in [0.1, 0.15) is 11.5 Å². The van der Waals surface area contributed by atoms with E-state index < -0.39 is 22.6 Å². The summed E-state index contributed by atoms with van der Waals surface area (Å²) < 4.78 is 43.7. The van der Waals surface area contributed by atoms with Gasteiger partial charge >= 0.3 is 6.18 Å². The van der Waals surface area contributed by atoms with E-state index in [1.165, 1.54) is 30.3 Å². The van der Waals surface area contributed by atoms with Crippen molar-refractivity contribution in [1.82, 2.24) is 5.43 Å². The molecule has 1 heterocycles. The summed E-state index contributed by atoms with van der Waals surface area (Å²) in [6.07, 6.45) is -3.42. The standard InChI is InChI=1S/C19H11ClF3N3O4/c20-16-9-13(26(28)29)4-6-15(16)17-7-5-14(30-17)10-24-25-18(27)11-2-1-3-12(8-11)19(21,22)23/h1-10H,(H,25,27)/b24-10+. The van der Waals surface area contributed by atoms with E-state index in [-0.39, 0.29) is 22.0 Å². The van der Waals surface area contributed by atoms with E-state index in [0.29, 0.717) is 17.4 Å². The van der Waals surface area contributed by atoms with Gasteiger partial charge in [0.05, 0.1) is 21.7 Å². The van der Waals surface area contributed by atoms with E-state index in [1.807, 2.05) is 0 Å². The van der Waals surface area contributed by atoms with E-state index in [0.717, 1.165) is 18.3 Å². The van der Waals surface area contributed by atoms with Crippen LogP contribution in [0.4, 0.5) is 18.9 Å². The molecule has 0 spiro atoms. The molecule has 0 fully saturated rings. The normalized spacial score (nSPS) is 11.6. The summed E-state index contributed by atoms with van der Waals surface area (Å²) in [7, 11) is 0. The van der Waals surface area contributed by atoms with Gasteiger partial charge in [0.15, 0.2) is 0 Å². The molecule has 2 aromatic carbocycles. The summed E-state index contributed by atoms with van der Waals surface area (Å²) in [5, 5.41) is 14.5. The van der Waals surface area contributed by atoms with E-state index in [9.17, 15) is 28.1 Å². The number of rotatable bonds is 5. The molecular weight excluding hydrogens is 427 g/mol. The van der Waals surface area contributed by atoms with Crippen LogP contribution in [-0.4, -0.2) is 17.0 Å². The lowest BCUT2D eigenvalue weighted by atomic mass is 10.1. The fourth-order valence-corrected chi connectivity index (χ4v) is 2.71. The zero-order valence-electron chi connectivity index (χ0n) is 14.8. The highest BCUT2D eigenvalue weighted by atomic mass is 35.5. The number of hydrogen-bond donors (Lipinski definition) is 1. The van der Waals surface area contributed by atoms with Gasteiger partial charge in [0.25, 0.3) is 11.6 Å². The van der Waals surface area contributed by atoms with Crippen LogP contribution in [0.5, 0.6) is 0 Å². The molecule has 11 heteroatoms. The van der Waals surface area contributed by atoms with Crippen LogP contribution < -0.4 is 5.43 Å². The number of halogens is 4. The number of amides is 1. The lowest BCUT2D eigenvalue weighted by Gasteiger charge is -2.07. The second kappa shape index (κ2) is 8.37. The maximum absolute atomic E-state index is 12.7. The molecule has 0 saturated carbocycles. The minimum absolute atomic E-state index is 0.111. The Balaban J connectivity index is 1.69. The van der Waals surface area contributed by atoms with Crippen LogP contribution in [0.2, 0.25) is 5.02 Å². The number of nitro benzene ring substituents is 1. The molecule has 0 bridgehead atoms. The van der Waals surface area contributed by atoms with Gasteiger partial charge in [-0.2, -0.15) is 18.3 Å². The summed E-state index contributed by atoms with van der Waals surface area (Å²) in [5.74, 6) is -0.313. The molecule has 1 amide bonds. The summed E-state index contributed by atoms with van der Waals surface area (Å²) in [5.41, 5.74) is 1.19. The number of hydrazone groups is 1. The predicted molar refractivity (Wildman–Crippen MR) is 102 cm³/mol. The Morgan fingerprint density at radius 3 is 2.60 bits per heavy atom. The highest BCUT2D eigenvalue weighted by molar-refractivity contribution is 6.33. The third kappa shape index (κ3) is 4.84. The first kappa shape index (κ1) is 21.1. The van der Waals surface area contributed by atoms with Gasteiger partial charge in [0.2, 0.25) is 0 Å². The number of alkyl halides is 3. The fraction of sp³-hybridized carbons (Fsp3) is 0.0526. The van der Waals surface area contributed by atoms with Crippen molar-refractivity contribution in [2.75, 3.05) is 0 Å². The Bertz CT molecular complexity index is 1140. The summed E-state index contributed by atoms with van der Waals surface area (Å²) in [6.45, 7) is 0. The molecule has 0 radical (unpaired) electrons. The van der Waals surface area contributed by atoms with E-state index in [1.54, 1.807) is 6.07 Å². The van der Waals surface area contributed by atoms with Crippen molar-refractivity contribution in [2.45, 2.75) is 6.18 Å². The molecule has 0 aliphatic rings. The Kier molecular flexibility index (Phi) is 5.88. The SMILES string of the molecule is O=C(N/N=C/c1ccc(-c2ccc([N+](=O)[O-])cc2Cl)o1)c1cccc(C(F)(F)F)c1. The number of carbonyl (C=O) groups excluding carboxylic acids is 1. The summed E-state index contributed by atoms with van der Waals surface area (Å²) in [4.78, 5) is 22.2. The molecule has 30 heavy (non-hydrogen) atoms. The van der Waals surface area contributed by atoms with Gasteiger partial charge in [-0.05, 0) is 36.4 Å². The number of nitrogens with one attached hydrogen (secondary N) is 1. The van der Waals surface area contributed by atoms with E-state index >= 15 is 0 Å². The number of carbonyl (C=O) groups is 1. The zero-order valence-corrected chi connectivity index (χ0v) is 15.6. The first-order valence-electron chi connectivity index (χ1n) is 8.20. The fourth-order valence-electron chi connectivity index (χ4n) is 2.44. The second-order valence-electron chi connectivity index (χ2n) is 5.90. The molecular formula is C19H11ClF3N3O4. The minimum Gasteiger partial charge on any atom is -0.455 e. The van der Waals surface area contributed by atoms with Crippen LogP contribution in [0.25, 0.3) is 11.3 Å². The highest BCUT2D eigenvalue weighted by Gasteiger charge is 2.30. The molecule has 7 nitrogen and oxygen atoms in total. The smallest absolute Gasteiger partial charge is 0.416 e. The quantitative estimate of drug-likeness (QED) is 0.333. The minimum atomic E-state index is -4.57. The molecule has 0 atom stereocenters. The number of non-ortho nitro benzene ring substituents is 1. The first-order valence-corrected chi connectivity index (χ1v) is 8.58. The second-order valence-corrected chi connectivity index (χ2v) is 6.31. The molecule has 0 unspecified atom stereocenters. The Labute approximate surface area is 171 Å². The van der Waals surface area contributed by atoms with Crippen molar-refractivity contribution in [2.24, 2.45) is 5.10 Å². The first-order chi connectivity index (χ1) is 14.1. The Morgan fingerprint density at radius 1 is 1.17 bits per heavy atom. The van der Waals surface area contributed by atoms with Crippen LogP contribution in [0.15, 0.2) is 64.1 Å². The third-order valence-corrected chi connectivity index (χ3v) is 4.18. The third-order valence-electron chi connectivity index (χ3n) is 3.87. The Hall–Kier alpha value is -3.66. The molecule has 0 aliphatic heterocycles. The van der Waals surface area contributed by atoms with Crippen molar-refractivity contribution in [3.8, 4) is 11.3 Å². The van der Waals surface area contributed by atoms with Gasteiger partial charge in [0, 0.05) is 23.3 Å². The van der Waals surface area contributed by atoms with Crippen molar-refractivity contribution < 1.29 is 27.3 Å². The van der Waals surface area contributed by atoms with Crippen LogP contribution in [0, 0.1) is 10.1 Å². The molecule has 1 N–H and O–H groups in total. The topological polar surface area (TPSA) is 97.7 Å². The summed E-state index contributed by atoms with van der Waals surface area (Å²) >= 11 is 6.04. The molecule has 0 aliphatic carbocycles. The molecule has 3 rings (SSSR count). The van der Waals surface area contributed by atoms with E-state index in [4.69, 9.17) is 16.0 Å². The number of nitro groups is 1. The molecule has 154 valence electrons. The molecule has 0 saturated heterocycles. The van der Waals surface area contributed by atoms with Gasteiger partial charge in [-0.15, -0.1) is 0 Å². The molecule has 3 aromatic rings. The lowest BCUT2D eigenvalue weighted by molar-refractivity contribution is -0.384. The van der Waals surface area contributed by atoms with Gasteiger partial charge in [-0.25, -0.2) is 5.43 Å². The van der Waals surface area contributed by atoms with Crippen LogP contribution in [0.3, 0.4) is 0 Å². The number of furan rings is 1. The molecule has 1 aromatic heterocycles. The van der Waals surface area contributed by atoms with Gasteiger partial charge in [-0.1, -0.05) is 17.7 Å². The number of benzene rings is 2. The number of nitrogens with zero attached hydrogens (tertiary/aromatic N) is 2. The van der Waals surface area contributed by atoms with Crippen molar-refractivity contribution in [1.29, 1.82) is 0 Å². The monoisotopic (exact) mass is 437 g/mol. The zero-order chi connectivity index (χ0) is 21.9. The average Bonchev–Trinajstić information content (AvgIpc) is 3.15. The maximum atomic E-state index is 12.7. The van der Waals surface area contributed by atoms with Crippen LogP contribution >= 0.6 is 11.6 Å². The van der Waals surface area contributed by atoms with Gasteiger partial charge in [-0.3, -0.25) is 14.9 Å². The van der Waals surface area contributed by atoms with Crippen LogP contribution in [0.1, 0.15) is 21.7 Å². The summed E-state index contributed by atoms with van der Waals surface area (Å²) in [6, 6.07) is 10.8. The van der Waals surface area contributed by atoms with Crippen molar-refractivity contribution in [3.63, 3.8) is 0 Å². The number of hydrogen-bond acceptors (Lipinski definition) is 5. The predicted octanol–water partition coefficient (Wildman–Crippen LogP) is 5.29. The highest BCUT2D eigenvalue weighted by Crippen LogP contribution is 2.32. The Morgan fingerprint density at radius 2 is 1.93 bits per heavy atom.